The number of hydrogen-bond acceptors (Lipinski definition) is 4. The molecule has 0 spiro atoms. The van der Waals surface area contributed by atoms with Gasteiger partial charge in [0.1, 0.15) is 11.6 Å². The summed E-state index contributed by atoms with van der Waals surface area (Å²) < 4.78 is 14.3. The fourth-order valence-electron chi connectivity index (χ4n) is 3.47. The first-order valence-corrected chi connectivity index (χ1v) is 9.34. The maximum Gasteiger partial charge on any atom is 0.161 e. The highest BCUT2D eigenvalue weighted by Gasteiger charge is 2.21. The molecule has 1 saturated heterocycles. The molecule has 1 aliphatic heterocycles. The lowest BCUT2D eigenvalue weighted by atomic mass is 10.0. The van der Waals surface area contributed by atoms with Crippen LogP contribution in [-0.4, -0.2) is 36.1 Å². The molecule has 0 atom stereocenters. The first-order valence-electron chi connectivity index (χ1n) is 9.34. The van der Waals surface area contributed by atoms with E-state index in [2.05, 4.69) is 10.2 Å². The van der Waals surface area contributed by atoms with Crippen LogP contribution in [0.4, 0.5) is 10.2 Å². The van der Waals surface area contributed by atoms with Crippen molar-refractivity contribution in [3.8, 4) is 11.4 Å². The van der Waals surface area contributed by atoms with E-state index in [1.807, 2.05) is 49.4 Å². The average Bonchev–Trinajstić information content (AvgIpc) is 2.72. The van der Waals surface area contributed by atoms with Crippen LogP contribution in [0.25, 0.3) is 11.4 Å². The summed E-state index contributed by atoms with van der Waals surface area (Å²) in [5.74, 6) is 1.46. The standard InChI is InChI=1S/C22H23FN4/c1-16-19(15-18-9-5-6-10-20(18)23)22(27-13-11-24-12-14-27)26-21(25-16)17-7-3-2-4-8-17/h2-10,24H,11-15H2,1H3. The summed E-state index contributed by atoms with van der Waals surface area (Å²) in [7, 11) is 0. The largest absolute Gasteiger partial charge is 0.354 e. The van der Waals surface area contributed by atoms with Crippen LogP contribution in [0.1, 0.15) is 16.8 Å². The van der Waals surface area contributed by atoms with Gasteiger partial charge in [-0.05, 0) is 18.6 Å². The molecule has 2 aromatic carbocycles. The van der Waals surface area contributed by atoms with Gasteiger partial charge in [0.2, 0.25) is 0 Å². The highest BCUT2D eigenvalue weighted by atomic mass is 19.1. The molecule has 27 heavy (non-hydrogen) atoms. The third kappa shape index (κ3) is 3.83. The molecule has 0 saturated carbocycles. The maximum absolute atomic E-state index is 14.3. The molecule has 1 fully saturated rings. The molecule has 5 heteroatoms. The summed E-state index contributed by atoms with van der Waals surface area (Å²) in [5.41, 5.74) is 3.57. The number of anilines is 1. The van der Waals surface area contributed by atoms with Crippen molar-refractivity contribution in [3.05, 3.63) is 77.2 Å². The van der Waals surface area contributed by atoms with E-state index in [1.54, 1.807) is 6.07 Å². The van der Waals surface area contributed by atoms with Gasteiger partial charge < -0.3 is 10.2 Å². The van der Waals surface area contributed by atoms with Gasteiger partial charge in [0.15, 0.2) is 5.82 Å². The fraction of sp³-hybridized carbons (Fsp3) is 0.273. The van der Waals surface area contributed by atoms with Gasteiger partial charge in [0.05, 0.1) is 0 Å². The van der Waals surface area contributed by atoms with Crippen LogP contribution in [0.5, 0.6) is 0 Å². The van der Waals surface area contributed by atoms with E-state index < -0.39 is 0 Å². The topological polar surface area (TPSA) is 41.1 Å². The number of nitrogens with one attached hydrogen (secondary N) is 1. The minimum atomic E-state index is -0.185. The van der Waals surface area contributed by atoms with Crippen molar-refractivity contribution in [1.29, 1.82) is 0 Å². The Bertz CT molecular complexity index is 921. The second-order valence-corrected chi connectivity index (χ2v) is 6.81. The molecule has 138 valence electrons. The summed E-state index contributed by atoms with van der Waals surface area (Å²) in [6, 6.07) is 16.9. The van der Waals surface area contributed by atoms with Crippen LogP contribution in [0.3, 0.4) is 0 Å². The van der Waals surface area contributed by atoms with Gasteiger partial charge in [-0.3, -0.25) is 0 Å². The third-order valence-electron chi connectivity index (χ3n) is 4.97. The van der Waals surface area contributed by atoms with Gasteiger partial charge >= 0.3 is 0 Å². The van der Waals surface area contributed by atoms with Crippen molar-refractivity contribution in [2.75, 3.05) is 31.1 Å². The monoisotopic (exact) mass is 362 g/mol. The molecule has 1 N–H and O–H groups in total. The zero-order valence-electron chi connectivity index (χ0n) is 15.5. The lowest BCUT2D eigenvalue weighted by molar-refractivity contribution is 0.582. The predicted molar refractivity (Wildman–Crippen MR) is 106 cm³/mol. The van der Waals surface area contributed by atoms with E-state index >= 15 is 0 Å². The van der Waals surface area contributed by atoms with Crippen LogP contribution in [0, 0.1) is 12.7 Å². The smallest absolute Gasteiger partial charge is 0.161 e. The number of aryl methyl sites for hydroxylation is 1. The number of hydrogen-bond donors (Lipinski definition) is 1. The Morgan fingerprint density at radius 1 is 0.963 bits per heavy atom. The van der Waals surface area contributed by atoms with Crippen molar-refractivity contribution in [2.24, 2.45) is 0 Å². The molecule has 0 bridgehead atoms. The molecule has 0 amide bonds. The Hall–Kier alpha value is -2.79. The van der Waals surface area contributed by atoms with Crippen LogP contribution >= 0.6 is 0 Å². The van der Waals surface area contributed by atoms with Gasteiger partial charge in [0.25, 0.3) is 0 Å². The number of halogens is 1. The molecule has 4 nitrogen and oxygen atoms in total. The number of piperazine rings is 1. The van der Waals surface area contributed by atoms with Gasteiger partial charge in [-0.25, -0.2) is 14.4 Å². The molecular formula is C22H23FN4. The van der Waals surface area contributed by atoms with E-state index in [9.17, 15) is 4.39 Å². The molecule has 0 radical (unpaired) electrons. The highest BCUT2D eigenvalue weighted by molar-refractivity contribution is 5.61. The number of aromatic nitrogens is 2. The van der Waals surface area contributed by atoms with Gasteiger partial charge in [-0.15, -0.1) is 0 Å². The first-order chi connectivity index (χ1) is 13.2. The Labute approximate surface area is 159 Å². The Morgan fingerprint density at radius 3 is 2.41 bits per heavy atom. The van der Waals surface area contributed by atoms with Crippen LogP contribution in [-0.2, 0) is 6.42 Å². The summed E-state index contributed by atoms with van der Waals surface area (Å²) in [5, 5.41) is 3.38. The predicted octanol–water partition coefficient (Wildman–Crippen LogP) is 3.59. The molecule has 2 heterocycles. The molecular weight excluding hydrogens is 339 g/mol. The lowest BCUT2D eigenvalue weighted by Gasteiger charge is -2.31. The molecule has 1 aliphatic rings. The number of benzene rings is 2. The first kappa shape index (κ1) is 17.6. The molecule has 0 unspecified atom stereocenters. The Balaban J connectivity index is 1.80. The van der Waals surface area contributed by atoms with Crippen LogP contribution in [0.15, 0.2) is 54.6 Å². The third-order valence-corrected chi connectivity index (χ3v) is 4.97. The highest BCUT2D eigenvalue weighted by Crippen LogP contribution is 2.28. The van der Waals surface area contributed by atoms with Crippen molar-refractivity contribution >= 4 is 5.82 Å². The van der Waals surface area contributed by atoms with E-state index in [1.165, 1.54) is 6.07 Å². The maximum atomic E-state index is 14.3. The average molecular weight is 362 g/mol. The van der Waals surface area contributed by atoms with E-state index in [0.717, 1.165) is 54.6 Å². The Kier molecular flexibility index (Phi) is 5.12. The number of nitrogens with zero attached hydrogens (tertiary/aromatic N) is 3. The Morgan fingerprint density at radius 2 is 1.67 bits per heavy atom. The summed E-state index contributed by atoms with van der Waals surface area (Å²) in [4.78, 5) is 12.0. The quantitative estimate of drug-likeness (QED) is 0.770. The van der Waals surface area contributed by atoms with Gasteiger partial charge in [-0.2, -0.15) is 0 Å². The minimum Gasteiger partial charge on any atom is -0.354 e. The zero-order valence-corrected chi connectivity index (χ0v) is 15.5. The molecule has 1 aromatic heterocycles. The van der Waals surface area contributed by atoms with Crippen molar-refractivity contribution in [3.63, 3.8) is 0 Å². The van der Waals surface area contributed by atoms with Gasteiger partial charge in [0, 0.05) is 49.4 Å². The molecule has 0 aliphatic carbocycles. The van der Waals surface area contributed by atoms with Crippen molar-refractivity contribution < 1.29 is 4.39 Å². The molecule has 3 aromatic rings. The summed E-state index contributed by atoms with van der Waals surface area (Å²) in [6.07, 6.45) is 0.493. The lowest BCUT2D eigenvalue weighted by Crippen LogP contribution is -2.44. The second-order valence-electron chi connectivity index (χ2n) is 6.81. The fourth-order valence-corrected chi connectivity index (χ4v) is 3.47. The minimum absolute atomic E-state index is 0.185. The van der Waals surface area contributed by atoms with E-state index in [0.29, 0.717) is 12.0 Å². The van der Waals surface area contributed by atoms with E-state index in [4.69, 9.17) is 9.97 Å². The SMILES string of the molecule is Cc1nc(-c2ccccc2)nc(N2CCNCC2)c1Cc1ccccc1F. The second kappa shape index (κ2) is 7.84. The molecule has 4 rings (SSSR count). The zero-order chi connectivity index (χ0) is 18.6. The number of rotatable bonds is 4. The van der Waals surface area contributed by atoms with Crippen molar-refractivity contribution in [2.45, 2.75) is 13.3 Å². The van der Waals surface area contributed by atoms with E-state index in [-0.39, 0.29) is 5.82 Å². The van der Waals surface area contributed by atoms with Gasteiger partial charge in [-0.1, -0.05) is 48.5 Å². The van der Waals surface area contributed by atoms with Crippen LogP contribution in [0.2, 0.25) is 0 Å². The van der Waals surface area contributed by atoms with Crippen molar-refractivity contribution in [1.82, 2.24) is 15.3 Å². The normalized spacial score (nSPS) is 14.4. The van der Waals surface area contributed by atoms with Crippen LogP contribution < -0.4 is 10.2 Å². The summed E-state index contributed by atoms with van der Waals surface area (Å²) >= 11 is 0. The summed E-state index contributed by atoms with van der Waals surface area (Å²) in [6.45, 7) is 5.60.